The molecule has 0 atom stereocenters. The highest BCUT2D eigenvalue weighted by molar-refractivity contribution is 5.99. The number of hydrogen-bond donors (Lipinski definition) is 1. The monoisotopic (exact) mass is 547 g/mol. The molecule has 1 saturated carbocycles. The number of ketones is 1. The predicted octanol–water partition coefficient (Wildman–Crippen LogP) is 3.18. The second-order valence-corrected chi connectivity index (χ2v) is 11.5. The maximum Gasteiger partial charge on any atom is 0.253 e. The SMILES string of the molecule is COc1ccc(C(=O)Cc2cc(C(=O)NC3CC3)cnc2N2CCC(CC(=O)N3CCCN(C)CC3)CC2)cc1. The van der Waals surface area contributed by atoms with Crippen molar-refractivity contribution in [2.45, 2.75) is 51.0 Å². The van der Waals surface area contributed by atoms with Crippen LogP contribution in [0, 0.1) is 5.92 Å². The van der Waals surface area contributed by atoms with Gasteiger partial charge in [0.15, 0.2) is 5.78 Å². The van der Waals surface area contributed by atoms with Gasteiger partial charge in [0.05, 0.1) is 12.7 Å². The number of likely N-dealkylation sites (N-methyl/N-ethyl adjacent to an activating group) is 1. The summed E-state index contributed by atoms with van der Waals surface area (Å²) in [5, 5.41) is 3.02. The topological polar surface area (TPSA) is 95.1 Å². The number of methoxy groups -OCH3 is 1. The predicted molar refractivity (Wildman–Crippen MR) is 154 cm³/mol. The van der Waals surface area contributed by atoms with Gasteiger partial charge >= 0.3 is 0 Å². The highest BCUT2D eigenvalue weighted by Gasteiger charge is 2.28. The Morgan fingerprint density at radius 2 is 1.70 bits per heavy atom. The van der Waals surface area contributed by atoms with Gasteiger partial charge in [0.1, 0.15) is 11.6 Å². The number of aromatic nitrogens is 1. The number of rotatable bonds is 9. The van der Waals surface area contributed by atoms with Gasteiger partial charge in [-0.2, -0.15) is 0 Å². The van der Waals surface area contributed by atoms with Crippen molar-refractivity contribution in [1.29, 1.82) is 0 Å². The Morgan fingerprint density at radius 1 is 0.950 bits per heavy atom. The summed E-state index contributed by atoms with van der Waals surface area (Å²) < 4.78 is 5.22. The Morgan fingerprint density at radius 3 is 2.40 bits per heavy atom. The summed E-state index contributed by atoms with van der Waals surface area (Å²) in [7, 11) is 3.71. The Labute approximate surface area is 236 Å². The van der Waals surface area contributed by atoms with Gasteiger partial charge in [0.2, 0.25) is 5.91 Å². The van der Waals surface area contributed by atoms with Gasteiger partial charge in [0.25, 0.3) is 5.91 Å². The summed E-state index contributed by atoms with van der Waals surface area (Å²) in [4.78, 5) is 50.3. The molecule has 214 valence electrons. The maximum atomic E-state index is 13.3. The summed E-state index contributed by atoms with van der Waals surface area (Å²) in [5.74, 6) is 1.89. The maximum absolute atomic E-state index is 13.3. The third-order valence-electron chi connectivity index (χ3n) is 8.33. The van der Waals surface area contributed by atoms with Gasteiger partial charge in [-0.25, -0.2) is 4.98 Å². The molecular formula is C31H41N5O4. The van der Waals surface area contributed by atoms with E-state index in [1.54, 1.807) is 37.6 Å². The summed E-state index contributed by atoms with van der Waals surface area (Å²) in [6.07, 6.45) is 7.21. The second kappa shape index (κ2) is 12.8. The molecule has 2 aliphatic heterocycles. The van der Waals surface area contributed by atoms with Gasteiger partial charge < -0.3 is 24.8 Å². The zero-order valence-corrected chi connectivity index (χ0v) is 23.7. The minimum atomic E-state index is -0.142. The molecule has 3 fully saturated rings. The van der Waals surface area contributed by atoms with Crippen molar-refractivity contribution in [3.8, 4) is 5.75 Å². The molecule has 0 spiro atoms. The summed E-state index contributed by atoms with van der Waals surface area (Å²) in [6.45, 7) is 5.17. The average molecular weight is 548 g/mol. The number of carbonyl (C=O) groups is 3. The molecule has 40 heavy (non-hydrogen) atoms. The molecule has 0 bridgehead atoms. The van der Waals surface area contributed by atoms with E-state index in [-0.39, 0.29) is 30.1 Å². The molecule has 2 saturated heterocycles. The molecule has 1 aromatic carbocycles. The number of amides is 2. The van der Waals surface area contributed by atoms with E-state index in [0.29, 0.717) is 29.2 Å². The van der Waals surface area contributed by atoms with Gasteiger partial charge in [-0.15, -0.1) is 0 Å². The van der Waals surface area contributed by atoms with Gasteiger partial charge in [-0.05, 0) is 81.9 Å². The molecule has 2 amide bonds. The standard InChI is InChI=1S/C31H41N5O4/c1-34-12-3-13-35(17-16-34)29(38)18-22-10-14-36(15-11-22)30-24(19-25(21-32-30)31(39)33-26-6-7-26)20-28(37)23-4-8-27(40-2)9-5-23/h4-5,8-9,19,21-22,26H,3,6-7,10-18,20H2,1-2H3,(H,33,39). The molecule has 9 nitrogen and oxygen atoms in total. The summed E-state index contributed by atoms with van der Waals surface area (Å²) in [6, 6.07) is 9.16. The number of ether oxygens (including phenoxy) is 1. The third kappa shape index (κ3) is 7.18. The number of nitrogens with one attached hydrogen (secondary N) is 1. The van der Waals surface area contributed by atoms with E-state index in [2.05, 4.69) is 22.2 Å². The fourth-order valence-corrected chi connectivity index (χ4v) is 5.61. The van der Waals surface area contributed by atoms with E-state index in [4.69, 9.17) is 9.72 Å². The molecule has 3 heterocycles. The largest absolute Gasteiger partial charge is 0.497 e. The van der Waals surface area contributed by atoms with Crippen LogP contribution in [0.2, 0.25) is 0 Å². The van der Waals surface area contributed by atoms with Crippen LogP contribution >= 0.6 is 0 Å². The summed E-state index contributed by atoms with van der Waals surface area (Å²) in [5.41, 5.74) is 1.83. The molecule has 3 aliphatic rings. The highest BCUT2D eigenvalue weighted by atomic mass is 16.5. The lowest BCUT2D eigenvalue weighted by Gasteiger charge is -2.34. The number of hydrogen-bond acceptors (Lipinski definition) is 7. The number of anilines is 1. The van der Waals surface area contributed by atoms with E-state index in [0.717, 1.165) is 82.8 Å². The van der Waals surface area contributed by atoms with E-state index in [9.17, 15) is 14.4 Å². The van der Waals surface area contributed by atoms with Crippen molar-refractivity contribution in [2.75, 3.05) is 58.3 Å². The number of nitrogens with zero attached hydrogens (tertiary/aromatic N) is 4. The zero-order valence-electron chi connectivity index (χ0n) is 23.7. The fourth-order valence-electron chi connectivity index (χ4n) is 5.61. The van der Waals surface area contributed by atoms with Gasteiger partial charge in [0, 0.05) is 68.9 Å². The van der Waals surface area contributed by atoms with Crippen LogP contribution in [0.25, 0.3) is 0 Å². The molecule has 1 aliphatic carbocycles. The first kappa shape index (κ1) is 28.1. The van der Waals surface area contributed by atoms with E-state index < -0.39 is 0 Å². The highest BCUT2D eigenvalue weighted by Crippen LogP contribution is 2.29. The smallest absolute Gasteiger partial charge is 0.253 e. The lowest BCUT2D eigenvalue weighted by atomic mass is 9.92. The van der Waals surface area contributed by atoms with Gasteiger partial charge in [-0.3, -0.25) is 14.4 Å². The minimum Gasteiger partial charge on any atom is -0.497 e. The molecule has 0 radical (unpaired) electrons. The molecule has 1 N–H and O–H groups in total. The molecule has 5 rings (SSSR count). The van der Waals surface area contributed by atoms with Crippen molar-refractivity contribution in [1.82, 2.24) is 20.1 Å². The van der Waals surface area contributed by atoms with Crippen LogP contribution in [0.15, 0.2) is 36.5 Å². The number of Topliss-reactive ketones (excluding diaryl/α,β-unsaturated/α-hetero) is 1. The Kier molecular flexibility index (Phi) is 8.99. The first-order valence-electron chi connectivity index (χ1n) is 14.6. The molecular weight excluding hydrogens is 506 g/mol. The molecule has 0 unspecified atom stereocenters. The molecule has 2 aromatic rings. The van der Waals surface area contributed by atoms with E-state index >= 15 is 0 Å². The molecule has 1 aromatic heterocycles. The normalized spacial score (nSPS) is 18.8. The van der Waals surface area contributed by atoms with Crippen molar-refractivity contribution >= 4 is 23.4 Å². The number of carbonyl (C=O) groups excluding carboxylic acids is 3. The first-order valence-corrected chi connectivity index (χ1v) is 14.6. The van der Waals surface area contributed by atoms with Crippen LogP contribution in [-0.2, 0) is 11.2 Å². The number of pyridine rings is 1. The number of piperidine rings is 1. The van der Waals surface area contributed by atoms with Crippen LogP contribution in [0.1, 0.15) is 64.8 Å². The quantitative estimate of drug-likeness (QED) is 0.482. The van der Waals surface area contributed by atoms with Crippen molar-refractivity contribution in [2.24, 2.45) is 5.92 Å². The summed E-state index contributed by atoms with van der Waals surface area (Å²) >= 11 is 0. The lowest BCUT2D eigenvalue weighted by molar-refractivity contribution is -0.132. The Bertz CT molecular complexity index is 1200. The Balaban J connectivity index is 1.26. The van der Waals surface area contributed by atoms with Gasteiger partial charge in [-0.1, -0.05) is 0 Å². The van der Waals surface area contributed by atoms with Crippen molar-refractivity contribution in [3.05, 3.63) is 53.2 Å². The first-order chi connectivity index (χ1) is 19.4. The molecule has 9 heteroatoms. The zero-order chi connectivity index (χ0) is 28.1. The van der Waals surface area contributed by atoms with Crippen molar-refractivity contribution in [3.63, 3.8) is 0 Å². The lowest BCUT2D eigenvalue weighted by Crippen LogP contribution is -2.39. The minimum absolute atomic E-state index is 0.0333. The fraction of sp³-hybridized carbons (Fsp3) is 0.548. The third-order valence-corrected chi connectivity index (χ3v) is 8.33. The van der Waals surface area contributed by atoms with E-state index in [1.165, 1.54) is 0 Å². The van der Waals surface area contributed by atoms with Crippen LogP contribution in [0.3, 0.4) is 0 Å². The average Bonchev–Trinajstić information content (AvgIpc) is 3.81. The van der Waals surface area contributed by atoms with Crippen molar-refractivity contribution < 1.29 is 19.1 Å². The van der Waals surface area contributed by atoms with Crippen LogP contribution in [0.5, 0.6) is 5.75 Å². The van der Waals surface area contributed by atoms with Crippen LogP contribution in [-0.4, -0.2) is 91.8 Å². The Hall–Kier alpha value is -3.46. The van der Waals surface area contributed by atoms with E-state index in [1.807, 2.05) is 11.0 Å². The van der Waals surface area contributed by atoms with Crippen LogP contribution < -0.4 is 15.0 Å². The van der Waals surface area contributed by atoms with Crippen LogP contribution in [0.4, 0.5) is 5.82 Å². The number of benzene rings is 1. The second-order valence-electron chi connectivity index (χ2n) is 11.5.